The van der Waals surface area contributed by atoms with E-state index < -0.39 is 10.0 Å². The fourth-order valence-electron chi connectivity index (χ4n) is 2.56. The molecular weight excluding hydrogens is 416 g/mol. The number of sulfonamides is 1. The Kier molecular flexibility index (Phi) is 7.74. The molecule has 2 aromatic rings. The smallest absolute Gasteiger partial charge is 0.238 e. The normalized spacial score (nSPS) is 11.3. The highest BCUT2D eigenvalue weighted by Gasteiger charge is 2.15. The highest BCUT2D eigenvalue weighted by molar-refractivity contribution is 7.89. The minimum absolute atomic E-state index is 0.00704. The maximum absolute atomic E-state index is 12.3. The van der Waals surface area contributed by atoms with Crippen molar-refractivity contribution in [3.05, 3.63) is 53.1 Å². The molecule has 4 N–H and O–H groups in total. The lowest BCUT2D eigenvalue weighted by Gasteiger charge is -2.20. The zero-order valence-electron chi connectivity index (χ0n) is 16.1. The average molecular weight is 439 g/mol. The van der Waals surface area contributed by atoms with Gasteiger partial charge in [-0.1, -0.05) is 30.7 Å². The van der Waals surface area contributed by atoms with Crippen molar-refractivity contribution in [3.63, 3.8) is 0 Å². The predicted octanol–water partition coefficient (Wildman–Crippen LogP) is 2.19. The van der Waals surface area contributed by atoms with Gasteiger partial charge in [0.2, 0.25) is 21.8 Å². The summed E-state index contributed by atoms with van der Waals surface area (Å²) in [4.78, 5) is 26.2. The van der Waals surface area contributed by atoms with Crippen LogP contribution >= 0.6 is 11.6 Å². The number of rotatable bonds is 8. The maximum Gasteiger partial charge on any atom is 0.238 e. The second-order valence-electron chi connectivity index (χ2n) is 6.43. The van der Waals surface area contributed by atoms with Crippen molar-refractivity contribution < 1.29 is 18.0 Å². The summed E-state index contributed by atoms with van der Waals surface area (Å²) >= 11 is 5.96. The zero-order chi connectivity index (χ0) is 21.6. The number of nitrogens with one attached hydrogen (secondary N) is 2. The Bertz CT molecular complexity index is 1010. The van der Waals surface area contributed by atoms with Crippen molar-refractivity contribution in [2.24, 2.45) is 5.14 Å². The Morgan fingerprint density at radius 2 is 1.72 bits per heavy atom. The van der Waals surface area contributed by atoms with Gasteiger partial charge in [-0.15, -0.1) is 0 Å². The third-order valence-electron chi connectivity index (χ3n) is 4.10. The van der Waals surface area contributed by atoms with Crippen LogP contribution in [0.25, 0.3) is 0 Å². The van der Waals surface area contributed by atoms with Crippen molar-refractivity contribution in [1.29, 1.82) is 0 Å². The minimum Gasteiger partial charge on any atom is -0.325 e. The summed E-state index contributed by atoms with van der Waals surface area (Å²) < 4.78 is 22.8. The number of halogens is 1. The zero-order valence-corrected chi connectivity index (χ0v) is 17.7. The van der Waals surface area contributed by atoms with E-state index in [1.54, 1.807) is 29.2 Å². The number of amides is 2. The highest BCUT2D eigenvalue weighted by atomic mass is 35.5. The van der Waals surface area contributed by atoms with Crippen LogP contribution in [0.3, 0.4) is 0 Å². The van der Waals surface area contributed by atoms with Gasteiger partial charge in [-0.3, -0.25) is 14.5 Å². The highest BCUT2D eigenvalue weighted by Crippen LogP contribution is 2.20. The summed E-state index contributed by atoms with van der Waals surface area (Å²) in [6.07, 6.45) is 0. The van der Waals surface area contributed by atoms with Gasteiger partial charge in [0.25, 0.3) is 0 Å². The summed E-state index contributed by atoms with van der Waals surface area (Å²) in [5, 5.41) is 11.0. The third kappa shape index (κ3) is 7.13. The second kappa shape index (κ2) is 9.84. The number of aryl methyl sites for hydroxylation is 1. The molecule has 0 atom stereocenters. The summed E-state index contributed by atoms with van der Waals surface area (Å²) in [6, 6.07) is 10.9. The summed E-state index contributed by atoms with van der Waals surface area (Å²) in [5.41, 5.74) is 1.79. The number of nitrogens with zero attached hydrogens (tertiary/aromatic N) is 1. The molecule has 0 fully saturated rings. The molecule has 0 spiro atoms. The van der Waals surface area contributed by atoms with Crippen LogP contribution in [-0.4, -0.2) is 44.8 Å². The Labute approximate surface area is 175 Å². The lowest BCUT2D eigenvalue weighted by molar-refractivity contribution is -0.119. The number of benzene rings is 2. The number of carbonyl (C=O) groups excluding carboxylic acids is 2. The molecule has 0 aromatic heterocycles. The van der Waals surface area contributed by atoms with E-state index >= 15 is 0 Å². The van der Waals surface area contributed by atoms with Crippen molar-refractivity contribution in [2.45, 2.75) is 18.7 Å². The summed E-state index contributed by atoms with van der Waals surface area (Å²) in [5.74, 6) is -0.661. The van der Waals surface area contributed by atoms with Crippen LogP contribution in [0, 0.1) is 6.92 Å². The molecule has 0 unspecified atom stereocenters. The maximum atomic E-state index is 12.3. The van der Waals surface area contributed by atoms with E-state index in [-0.39, 0.29) is 29.8 Å². The molecule has 0 aliphatic rings. The fourth-order valence-corrected chi connectivity index (χ4v) is 3.29. The van der Waals surface area contributed by atoms with Crippen molar-refractivity contribution in [2.75, 3.05) is 30.3 Å². The van der Waals surface area contributed by atoms with Crippen molar-refractivity contribution >= 4 is 44.8 Å². The van der Waals surface area contributed by atoms with Crippen LogP contribution in [0.2, 0.25) is 5.02 Å². The van der Waals surface area contributed by atoms with Gasteiger partial charge < -0.3 is 10.6 Å². The second-order valence-corrected chi connectivity index (χ2v) is 8.43. The molecule has 0 radical (unpaired) electrons. The minimum atomic E-state index is -3.87. The standard InChI is InChI=1S/C19H23ClN4O4S/c1-3-24(12-19(26)23-17-9-14(20)8-7-13(17)2)11-18(25)22-15-5-4-6-16(10-15)29(21,27)28/h4-10H,3,11-12H2,1-2H3,(H,22,25)(H,23,26)(H2,21,27,28). The topological polar surface area (TPSA) is 122 Å². The quantitative estimate of drug-likeness (QED) is 0.583. The monoisotopic (exact) mass is 438 g/mol. The van der Waals surface area contributed by atoms with Gasteiger partial charge in [0.1, 0.15) is 0 Å². The van der Waals surface area contributed by atoms with Gasteiger partial charge in [-0.05, 0) is 49.4 Å². The first kappa shape index (κ1) is 22.8. The lowest BCUT2D eigenvalue weighted by Crippen LogP contribution is -2.38. The average Bonchev–Trinajstić information content (AvgIpc) is 2.63. The Balaban J connectivity index is 1.96. The van der Waals surface area contributed by atoms with Gasteiger partial charge in [0.15, 0.2) is 0 Å². The molecule has 156 valence electrons. The first-order chi connectivity index (χ1) is 13.6. The number of anilines is 2. The molecule has 0 saturated heterocycles. The van der Waals surface area contributed by atoms with Gasteiger partial charge in [-0.2, -0.15) is 0 Å². The molecule has 0 bridgehead atoms. The van der Waals surface area contributed by atoms with E-state index in [0.717, 1.165) is 5.56 Å². The van der Waals surface area contributed by atoms with Crippen LogP contribution in [-0.2, 0) is 19.6 Å². The van der Waals surface area contributed by atoms with E-state index in [0.29, 0.717) is 22.9 Å². The van der Waals surface area contributed by atoms with E-state index in [2.05, 4.69) is 10.6 Å². The van der Waals surface area contributed by atoms with Crippen LogP contribution in [0.15, 0.2) is 47.4 Å². The molecule has 0 aliphatic carbocycles. The van der Waals surface area contributed by atoms with Gasteiger partial charge >= 0.3 is 0 Å². The van der Waals surface area contributed by atoms with E-state index in [4.69, 9.17) is 16.7 Å². The largest absolute Gasteiger partial charge is 0.325 e. The van der Waals surface area contributed by atoms with Crippen LogP contribution in [0.1, 0.15) is 12.5 Å². The number of likely N-dealkylation sites (N-methyl/N-ethyl adjacent to an activating group) is 1. The summed E-state index contributed by atoms with van der Waals surface area (Å²) in [6.45, 7) is 4.11. The van der Waals surface area contributed by atoms with Crippen LogP contribution in [0.5, 0.6) is 0 Å². The molecule has 10 heteroatoms. The first-order valence-corrected chi connectivity index (χ1v) is 10.7. The van der Waals surface area contributed by atoms with E-state index in [9.17, 15) is 18.0 Å². The van der Waals surface area contributed by atoms with Gasteiger partial charge in [0.05, 0.1) is 18.0 Å². The van der Waals surface area contributed by atoms with Crippen molar-refractivity contribution in [3.8, 4) is 0 Å². The van der Waals surface area contributed by atoms with E-state index in [1.165, 1.54) is 18.2 Å². The van der Waals surface area contributed by atoms with E-state index in [1.807, 2.05) is 13.8 Å². The molecule has 29 heavy (non-hydrogen) atoms. The first-order valence-electron chi connectivity index (χ1n) is 8.79. The molecule has 8 nitrogen and oxygen atoms in total. The van der Waals surface area contributed by atoms with Gasteiger partial charge in [0, 0.05) is 16.4 Å². The lowest BCUT2D eigenvalue weighted by atomic mass is 10.2. The SMILES string of the molecule is CCN(CC(=O)Nc1cccc(S(N)(=O)=O)c1)CC(=O)Nc1cc(Cl)ccc1C. The Hall–Kier alpha value is -2.46. The number of primary sulfonamides is 1. The number of hydrogen-bond acceptors (Lipinski definition) is 5. The third-order valence-corrected chi connectivity index (χ3v) is 5.25. The number of carbonyl (C=O) groups is 2. The van der Waals surface area contributed by atoms with Crippen LogP contribution < -0.4 is 15.8 Å². The van der Waals surface area contributed by atoms with Crippen molar-refractivity contribution in [1.82, 2.24) is 4.90 Å². The molecule has 2 rings (SSSR count). The van der Waals surface area contributed by atoms with Gasteiger partial charge in [-0.25, -0.2) is 13.6 Å². The molecule has 0 saturated carbocycles. The molecule has 2 aromatic carbocycles. The fraction of sp³-hybridized carbons (Fsp3) is 0.263. The molecule has 2 amide bonds. The Morgan fingerprint density at radius 1 is 1.07 bits per heavy atom. The number of hydrogen-bond donors (Lipinski definition) is 3. The molecule has 0 heterocycles. The Morgan fingerprint density at radius 3 is 2.34 bits per heavy atom. The summed E-state index contributed by atoms with van der Waals surface area (Å²) in [7, 11) is -3.87. The molecular formula is C19H23ClN4O4S. The predicted molar refractivity (Wildman–Crippen MR) is 113 cm³/mol. The van der Waals surface area contributed by atoms with Crippen LogP contribution in [0.4, 0.5) is 11.4 Å². The number of nitrogens with two attached hydrogens (primary N) is 1. The molecule has 0 aliphatic heterocycles.